The van der Waals surface area contributed by atoms with Crippen LogP contribution in [0.5, 0.6) is 0 Å². The number of rotatable bonds is 5. The standard InChI is InChI=1S/C10H12F3N3O2.ClH/c11-10(12,13)6-18-4-3-16-9(17)7-5-15-2-1-8(7)14;/h1-2,5H,3-4,6H2,(H2,14,15)(H,16,17);1H. The second-order valence-electron chi connectivity index (χ2n) is 3.39. The van der Waals surface area contributed by atoms with Gasteiger partial charge in [0, 0.05) is 24.6 Å². The van der Waals surface area contributed by atoms with E-state index in [1.807, 2.05) is 0 Å². The summed E-state index contributed by atoms with van der Waals surface area (Å²) in [5.41, 5.74) is 5.95. The number of ether oxygens (including phenoxy) is 1. The Labute approximate surface area is 113 Å². The molecular weight excluding hydrogens is 287 g/mol. The molecule has 0 spiro atoms. The van der Waals surface area contributed by atoms with Crippen molar-refractivity contribution in [2.45, 2.75) is 6.18 Å². The Bertz CT molecular complexity index is 415. The molecule has 1 amide bonds. The molecule has 0 saturated carbocycles. The average molecular weight is 300 g/mol. The van der Waals surface area contributed by atoms with Gasteiger partial charge in [-0.15, -0.1) is 12.4 Å². The summed E-state index contributed by atoms with van der Waals surface area (Å²) in [6, 6.07) is 1.45. The molecule has 0 aliphatic rings. The molecule has 0 bridgehead atoms. The zero-order chi connectivity index (χ0) is 13.6. The van der Waals surface area contributed by atoms with Crippen molar-refractivity contribution in [3.63, 3.8) is 0 Å². The van der Waals surface area contributed by atoms with Crippen molar-refractivity contribution in [1.29, 1.82) is 0 Å². The SMILES string of the molecule is Cl.Nc1ccncc1C(=O)NCCOCC(F)(F)F. The smallest absolute Gasteiger partial charge is 0.398 e. The number of amides is 1. The third-order valence-electron chi connectivity index (χ3n) is 1.90. The third kappa shape index (κ3) is 6.82. The molecule has 0 aliphatic carbocycles. The number of anilines is 1. The molecule has 1 heterocycles. The number of hydrogen-bond acceptors (Lipinski definition) is 4. The summed E-state index contributed by atoms with van der Waals surface area (Å²) in [6.07, 6.45) is -1.66. The molecule has 0 saturated heterocycles. The van der Waals surface area contributed by atoms with Crippen LogP contribution in [0, 0.1) is 0 Å². The van der Waals surface area contributed by atoms with Crippen LogP contribution in [0.2, 0.25) is 0 Å². The van der Waals surface area contributed by atoms with Gasteiger partial charge in [-0.1, -0.05) is 0 Å². The van der Waals surface area contributed by atoms with Gasteiger partial charge in [0.05, 0.1) is 12.2 Å². The lowest BCUT2D eigenvalue weighted by Gasteiger charge is -2.09. The van der Waals surface area contributed by atoms with Crippen molar-refractivity contribution < 1.29 is 22.7 Å². The number of pyridine rings is 1. The topological polar surface area (TPSA) is 77.2 Å². The lowest BCUT2D eigenvalue weighted by molar-refractivity contribution is -0.173. The van der Waals surface area contributed by atoms with E-state index in [0.717, 1.165) is 0 Å². The monoisotopic (exact) mass is 299 g/mol. The first-order chi connectivity index (χ1) is 8.40. The summed E-state index contributed by atoms with van der Waals surface area (Å²) in [5, 5.41) is 2.37. The molecule has 0 radical (unpaired) electrons. The van der Waals surface area contributed by atoms with Gasteiger partial charge in [-0.3, -0.25) is 9.78 Å². The van der Waals surface area contributed by atoms with Crippen molar-refractivity contribution in [2.75, 3.05) is 25.5 Å². The summed E-state index contributed by atoms with van der Waals surface area (Å²) in [7, 11) is 0. The van der Waals surface area contributed by atoms with Crippen molar-refractivity contribution in [1.82, 2.24) is 10.3 Å². The maximum absolute atomic E-state index is 11.7. The van der Waals surface area contributed by atoms with Crippen LogP contribution in [0.3, 0.4) is 0 Å². The Hall–Kier alpha value is -1.54. The normalized spacial score (nSPS) is 10.7. The Morgan fingerprint density at radius 3 is 2.74 bits per heavy atom. The number of nitrogens with one attached hydrogen (secondary N) is 1. The summed E-state index contributed by atoms with van der Waals surface area (Å²) < 4.78 is 39.5. The fraction of sp³-hybridized carbons (Fsp3) is 0.400. The molecule has 9 heteroatoms. The van der Waals surface area contributed by atoms with Crippen molar-refractivity contribution >= 4 is 24.0 Å². The van der Waals surface area contributed by atoms with Gasteiger partial charge in [0.25, 0.3) is 5.91 Å². The van der Waals surface area contributed by atoms with E-state index in [0.29, 0.717) is 0 Å². The van der Waals surface area contributed by atoms with E-state index in [4.69, 9.17) is 5.73 Å². The molecule has 0 atom stereocenters. The molecular formula is C10H13ClF3N3O2. The molecule has 0 aromatic carbocycles. The Kier molecular flexibility index (Phi) is 7.17. The number of nitrogen functional groups attached to an aromatic ring is 1. The first-order valence-corrected chi connectivity index (χ1v) is 5.02. The number of carbonyl (C=O) groups excluding carboxylic acids is 1. The Morgan fingerprint density at radius 1 is 1.47 bits per heavy atom. The lowest BCUT2D eigenvalue weighted by Crippen LogP contribution is -2.29. The zero-order valence-electron chi connectivity index (χ0n) is 9.74. The van der Waals surface area contributed by atoms with Gasteiger partial charge in [-0.25, -0.2) is 0 Å². The highest BCUT2D eigenvalue weighted by Crippen LogP contribution is 2.14. The number of nitrogens with zero attached hydrogens (tertiary/aromatic N) is 1. The maximum Gasteiger partial charge on any atom is 0.411 e. The van der Waals surface area contributed by atoms with E-state index in [1.165, 1.54) is 18.5 Å². The molecule has 1 aromatic heterocycles. The van der Waals surface area contributed by atoms with Crippen LogP contribution in [-0.4, -0.2) is 36.8 Å². The molecule has 108 valence electrons. The second-order valence-corrected chi connectivity index (χ2v) is 3.39. The summed E-state index contributed by atoms with van der Waals surface area (Å²) >= 11 is 0. The van der Waals surface area contributed by atoms with E-state index in [9.17, 15) is 18.0 Å². The lowest BCUT2D eigenvalue weighted by atomic mass is 10.2. The molecule has 0 aliphatic heterocycles. The number of alkyl halides is 3. The van der Waals surface area contributed by atoms with Crippen molar-refractivity contribution in [3.05, 3.63) is 24.0 Å². The molecule has 0 fully saturated rings. The fourth-order valence-electron chi connectivity index (χ4n) is 1.11. The van der Waals surface area contributed by atoms with Crippen LogP contribution in [0.15, 0.2) is 18.5 Å². The molecule has 0 unspecified atom stereocenters. The van der Waals surface area contributed by atoms with Crippen LogP contribution >= 0.6 is 12.4 Å². The van der Waals surface area contributed by atoms with Gasteiger partial charge >= 0.3 is 6.18 Å². The van der Waals surface area contributed by atoms with Gasteiger partial charge in [-0.2, -0.15) is 13.2 Å². The van der Waals surface area contributed by atoms with E-state index < -0.39 is 18.7 Å². The Morgan fingerprint density at radius 2 is 2.16 bits per heavy atom. The molecule has 1 aromatic rings. The van der Waals surface area contributed by atoms with Gasteiger partial charge in [0.2, 0.25) is 0 Å². The number of nitrogens with two attached hydrogens (primary N) is 1. The van der Waals surface area contributed by atoms with Gasteiger partial charge in [0.15, 0.2) is 0 Å². The predicted molar refractivity (Wildman–Crippen MR) is 65.1 cm³/mol. The summed E-state index contributed by atoms with van der Waals surface area (Å²) in [5.74, 6) is -0.504. The maximum atomic E-state index is 11.7. The van der Waals surface area contributed by atoms with Crippen molar-refractivity contribution in [2.24, 2.45) is 0 Å². The van der Waals surface area contributed by atoms with Crippen LogP contribution in [0.1, 0.15) is 10.4 Å². The van der Waals surface area contributed by atoms with Crippen LogP contribution in [0.4, 0.5) is 18.9 Å². The third-order valence-corrected chi connectivity index (χ3v) is 1.90. The van der Waals surface area contributed by atoms with Gasteiger partial charge in [-0.05, 0) is 6.07 Å². The highest BCUT2D eigenvalue weighted by molar-refractivity contribution is 5.98. The van der Waals surface area contributed by atoms with Crippen LogP contribution in [0.25, 0.3) is 0 Å². The first-order valence-electron chi connectivity index (χ1n) is 5.02. The molecule has 5 nitrogen and oxygen atoms in total. The predicted octanol–water partition coefficient (Wildman–Crippen LogP) is 1.39. The molecule has 3 N–H and O–H groups in total. The summed E-state index contributed by atoms with van der Waals surface area (Å²) in [6.45, 7) is -1.60. The minimum absolute atomic E-state index is 0. The quantitative estimate of drug-likeness (QED) is 0.806. The first kappa shape index (κ1) is 17.5. The van der Waals surface area contributed by atoms with E-state index in [1.54, 1.807) is 0 Å². The van der Waals surface area contributed by atoms with E-state index in [-0.39, 0.29) is 36.8 Å². The van der Waals surface area contributed by atoms with Crippen LogP contribution < -0.4 is 11.1 Å². The molecule has 19 heavy (non-hydrogen) atoms. The average Bonchev–Trinajstić information content (AvgIpc) is 2.27. The van der Waals surface area contributed by atoms with E-state index >= 15 is 0 Å². The highest BCUT2D eigenvalue weighted by Gasteiger charge is 2.27. The minimum Gasteiger partial charge on any atom is -0.398 e. The molecule has 1 rings (SSSR count). The number of halogens is 4. The number of hydrogen-bond donors (Lipinski definition) is 2. The summed E-state index contributed by atoms with van der Waals surface area (Å²) in [4.78, 5) is 15.2. The van der Waals surface area contributed by atoms with E-state index in [2.05, 4.69) is 15.0 Å². The highest BCUT2D eigenvalue weighted by atomic mass is 35.5. The minimum atomic E-state index is -4.36. The largest absolute Gasteiger partial charge is 0.411 e. The number of carbonyl (C=O) groups is 1. The van der Waals surface area contributed by atoms with Crippen molar-refractivity contribution in [3.8, 4) is 0 Å². The van der Waals surface area contributed by atoms with Gasteiger partial charge in [0.1, 0.15) is 6.61 Å². The zero-order valence-corrected chi connectivity index (χ0v) is 10.6. The number of aromatic nitrogens is 1. The van der Waals surface area contributed by atoms with Gasteiger partial charge < -0.3 is 15.8 Å². The second kappa shape index (κ2) is 7.80. The Balaban J connectivity index is 0.00000324. The fourth-order valence-corrected chi connectivity index (χ4v) is 1.11. The van der Waals surface area contributed by atoms with Crippen LogP contribution in [-0.2, 0) is 4.74 Å².